The van der Waals surface area contributed by atoms with Gasteiger partial charge in [0, 0.05) is 0 Å². The van der Waals surface area contributed by atoms with Crippen LogP contribution in [0.1, 0.15) is 66.7 Å². The zero-order chi connectivity index (χ0) is 12.6. The van der Waals surface area contributed by atoms with Gasteiger partial charge in [-0.1, -0.05) is 53.0 Å². The van der Waals surface area contributed by atoms with Crippen LogP contribution in [0.2, 0.25) is 0 Å². The fraction of sp³-hybridized carbons (Fsp3) is 0.800. The van der Waals surface area contributed by atoms with Gasteiger partial charge in [-0.3, -0.25) is 4.79 Å². The van der Waals surface area contributed by atoms with E-state index in [2.05, 4.69) is 27.7 Å². The molecule has 0 saturated carbocycles. The predicted octanol–water partition coefficient (Wildman–Crippen LogP) is 4.76. The summed E-state index contributed by atoms with van der Waals surface area (Å²) in [5.74, 6) is 0.850. The third-order valence-corrected chi connectivity index (χ3v) is 3.40. The van der Waals surface area contributed by atoms with E-state index in [9.17, 15) is 4.79 Å². The van der Waals surface area contributed by atoms with E-state index in [4.69, 9.17) is 0 Å². The van der Waals surface area contributed by atoms with Crippen LogP contribution in [0, 0.1) is 11.3 Å². The first-order valence-electron chi connectivity index (χ1n) is 6.54. The molecule has 1 atom stereocenters. The zero-order valence-electron chi connectivity index (χ0n) is 11.7. The van der Waals surface area contributed by atoms with Crippen LogP contribution in [0.3, 0.4) is 0 Å². The summed E-state index contributed by atoms with van der Waals surface area (Å²) in [6.07, 6.45) is 9.87. The molecule has 16 heavy (non-hydrogen) atoms. The molecule has 0 rings (SSSR count). The van der Waals surface area contributed by atoms with Gasteiger partial charge in [0.05, 0.1) is 0 Å². The quantitative estimate of drug-likeness (QED) is 0.543. The molecule has 0 heterocycles. The number of allylic oxidation sites excluding steroid dienone is 2. The standard InChI is InChI=1S/C15H28O/c1-6-15(4,5)12-8-10-13(2)9-7-11-14(3)16/h7,11,13H,6,8-10,12H2,1-5H3. The Hall–Kier alpha value is -0.590. The molecule has 0 aliphatic carbocycles. The Balaban J connectivity index is 3.66. The first-order chi connectivity index (χ1) is 7.37. The van der Waals surface area contributed by atoms with E-state index >= 15 is 0 Å². The third kappa shape index (κ3) is 8.70. The van der Waals surface area contributed by atoms with E-state index in [0.717, 1.165) is 6.42 Å². The second-order valence-corrected chi connectivity index (χ2v) is 5.76. The van der Waals surface area contributed by atoms with E-state index in [1.165, 1.54) is 25.7 Å². The summed E-state index contributed by atoms with van der Waals surface area (Å²) in [7, 11) is 0. The molecule has 0 aliphatic rings. The van der Waals surface area contributed by atoms with Crippen LogP contribution in [-0.4, -0.2) is 5.78 Å². The van der Waals surface area contributed by atoms with Crippen LogP contribution in [0.4, 0.5) is 0 Å². The van der Waals surface area contributed by atoms with Gasteiger partial charge in [-0.2, -0.15) is 0 Å². The fourth-order valence-electron chi connectivity index (χ4n) is 1.69. The maximum absolute atomic E-state index is 10.7. The van der Waals surface area contributed by atoms with Crippen molar-refractivity contribution in [1.29, 1.82) is 0 Å². The van der Waals surface area contributed by atoms with Gasteiger partial charge in [0.25, 0.3) is 0 Å². The molecule has 0 amide bonds. The molecule has 0 fully saturated rings. The Bertz CT molecular complexity index is 226. The number of ketones is 1. The lowest BCUT2D eigenvalue weighted by molar-refractivity contribution is -0.112. The topological polar surface area (TPSA) is 17.1 Å². The van der Waals surface area contributed by atoms with Gasteiger partial charge in [-0.25, -0.2) is 0 Å². The Morgan fingerprint density at radius 1 is 1.38 bits per heavy atom. The molecule has 0 N–H and O–H groups in total. The second kappa shape index (κ2) is 7.65. The largest absolute Gasteiger partial charge is 0.295 e. The minimum atomic E-state index is 0.152. The van der Waals surface area contributed by atoms with Crippen molar-refractivity contribution in [3.63, 3.8) is 0 Å². The van der Waals surface area contributed by atoms with E-state index in [-0.39, 0.29) is 5.78 Å². The highest BCUT2D eigenvalue weighted by Crippen LogP contribution is 2.28. The summed E-state index contributed by atoms with van der Waals surface area (Å²) in [5, 5.41) is 0. The van der Waals surface area contributed by atoms with Crippen molar-refractivity contribution >= 4 is 5.78 Å². The molecule has 1 unspecified atom stereocenters. The lowest BCUT2D eigenvalue weighted by Crippen LogP contribution is -2.09. The monoisotopic (exact) mass is 224 g/mol. The number of carbonyl (C=O) groups is 1. The Labute approximate surface area is 101 Å². The maximum Gasteiger partial charge on any atom is 0.152 e. The van der Waals surface area contributed by atoms with Crippen molar-refractivity contribution in [1.82, 2.24) is 0 Å². The highest BCUT2D eigenvalue weighted by Gasteiger charge is 2.14. The minimum Gasteiger partial charge on any atom is -0.295 e. The molecule has 0 aliphatic heterocycles. The summed E-state index contributed by atoms with van der Waals surface area (Å²) >= 11 is 0. The second-order valence-electron chi connectivity index (χ2n) is 5.76. The van der Waals surface area contributed by atoms with Crippen LogP contribution >= 0.6 is 0 Å². The van der Waals surface area contributed by atoms with E-state index in [1.807, 2.05) is 6.08 Å². The maximum atomic E-state index is 10.7. The van der Waals surface area contributed by atoms with Crippen molar-refractivity contribution in [3.05, 3.63) is 12.2 Å². The minimum absolute atomic E-state index is 0.152. The predicted molar refractivity (Wildman–Crippen MR) is 71.5 cm³/mol. The van der Waals surface area contributed by atoms with Gasteiger partial charge in [0.1, 0.15) is 0 Å². The van der Waals surface area contributed by atoms with Gasteiger partial charge in [-0.05, 0) is 37.2 Å². The van der Waals surface area contributed by atoms with Gasteiger partial charge in [-0.15, -0.1) is 0 Å². The van der Waals surface area contributed by atoms with Gasteiger partial charge in [0.15, 0.2) is 5.78 Å². The molecular weight excluding hydrogens is 196 g/mol. The lowest BCUT2D eigenvalue weighted by Gasteiger charge is -2.23. The summed E-state index contributed by atoms with van der Waals surface area (Å²) in [5.41, 5.74) is 0.495. The fourth-order valence-corrected chi connectivity index (χ4v) is 1.69. The summed E-state index contributed by atoms with van der Waals surface area (Å²) < 4.78 is 0. The molecule has 1 nitrogen and oxygen atoms in total. The van der Waals surface area contributed by atoms with Crippen LogP contribution in [-0.2, 0) is 4.79 Å². The number of hydrogen-bond acceptors (Lipinski definition) is 1. The smallest absolute Gasteiger partial charge is 0.152 e. The average molecular weight is 224 g/mol. The number of hydrogen-bond donors (Lipinski definition) is 0. The molecule has 94 valence electrons. The van der Waals surface area contributed by atoms with Crippen molar-refractivity contribution < 1.29 is 4.79 Å². The van der Waals surface area contributed by atoms with Crippen molar-refractivity contribution in [3.8, 4) is 0 Å². The van der Waals surface area contributed by atoms with E-state index in [1.54, 1.807) is 13.0 Å². The number of rotatable bonds is 8. The van der Waals surface area contributed by atoms with E-state index in [0.29, 0.717) is 11.3 Å². The van der Waals surface area contributed by atoms with Crippen LogP contribution < -0.4 is 0 Å². The summed E-state index contributed by atoms with van der Waals surface area (Å²) in [4.78, 5) is 10.7. The Kier molecular flexibility index (Phi) is 7.36. The first-order valence-corrected chi connectivity index (χ1v) is 6.54. The van der Waals surface area contributed by atoms with Crippen molar-refractivity contribution in [2.75, 3.05) is 0 Å². The molecule has 0 aromatic heterocycles. The van der Waals surface area contributed by atoms with Crippen LogP contribution in [0.25, 0.3) is 0 Å². The highest BCUT2D eigenvalue weighted by atomic mass is 16.1. The van der Waals surface area contributed by atoms with Crippen molar-refractivity contribution in [2.24, 2.45) is 11.3 Å². The normalized spacial score (nSPS) is 14.3. The molecule has 0 bridgehead atoms. The Morgan fingerprint density at radius 3 is 2.50 bits per heavy atom. The Morgan fingerprint density at radius 2 is 2.00 bits per heavy atom. The SMILES string of the molecule is CCC(C)(C)CCCC(C)CC=CC(C)=O. The molecule has 1 heteroatoms. The van der Waals surface area contributed by atoms with Crippen molar-refractivity contribution in [2.45, 2.75) is 66.7 Å². The third-order valence-electron chi connectivity index (χ3n) is 3.40. The van der Waals surface area contributed by atoms with E-state index < -0.39 is 0 Å². The highest BCUT2D eigenvalue weighted by molar-refractivity contribution is 5.87. The molecule has 0 aromatic carbocycles. The van der Waals surface area contributed by atoms with Gasteiger partial charge in [0.2, 0.25) is 0 Å². The number of carbonyl (C=O) groups excluding carboxylic acids is 1. The van der Waals surface area contributed by atoms with Gasteiger partial charge < -0.3 is 0 Å². The molecule has 0 saturated heterocycles. The summed E-state index contributed by atoms with van der Waals surface area (Å²) in [6, 6.07) is 0. The molecular formula is C15H28O. The average Bonchev–Trinajstić information content (AvgIpc) is 2.17. The first kappa shape index (κ1) is 15.4. The molecule has 0 aromatic rings. The summed E-state index contributed by atoms with van der Waals surface area (Å²) in [6.45, 7) is 10.8. The van der Waals surface area contributed by atoms with Crippen LogP contribution in [0.5, 0.6) is 0 Å². The van der Waals surface area contributed by atoms with Gasteiger partial charge >= 0.3 is 0 Å². The molecule has 0 radical (unpaired) electrons. The van der Waals surface area contributed by atoms with Crippen LogP contribution in [0.15, 0.2) is 12.2 Å². The molecule has 0 spiro atoms. The lowest BCUT2D eigenvalue weighted by atomic mass is 9.83. The zero-order valence-corrected chi connectivity index (χ0v) is 11.7.